The maximum atomic E-state index is 13.4. The van der Waals surface area contributed by atoms with Crippen LogP contribution in [0.5, 0.6) is 0 Å². The second-order valence-corrected chi connectivity index (χ2v) is 9.67. The Morgan fingerprint density at radius 3 is 2.60 bits per heavy atom. The molecule has 0 atom stereocenters. The normalized spacial score (nSPS) is 11.2. The number of hydrogen-bond donors (Lipinski definition) is 1. The lowest BCUT2D eigenvalue weighted by Gasteiger charge is -2.24. The average molecular weight is 482 g/mol. The molecule has 0 saturated heterocycles. The highest BCUT2D eigenvalue weighted by atomic mass is 35.5. The summed E-state index contributed by atoms with van der Waals surface area (Å²) in [7, 11) is -4.14. The molecule has 0 bridgehead atoms. The quantitative estimate of drug-likeness (QED) is 0.458. The van der Waals surface area contributed by atoms with Crippen molar-refractivity contribution in [3.8, 4) is 0 Å². The third kappa shape index (κ3) is 4.67. The van der Waals surface area contributed by atoms with Gasteiger partial charge in [0.2, 0.25) is 0 Å². The second kappa shape index (κ2) is 9.18. The molecule has 1 N–H and O–H groups in total. The fourth-order valence-corrected chi connectivity index (χ4v) is 5.57. The Kier molecular flexibility index (Phi) is 6.82. The van der Waals surface area contributed by atoms with Gasteiger partial charge in [-0.1, -0.05) is 41.4 Å². The molecule has 156 valence electrons. The third-order valence-corrected chi connectivity index (χ3v) is 7.47. The Labute approximate surface area is 188 Å². The Balaban J connectivity index is 2.02. The summed E-state index contributed by atoms with van der Waals surface area (Å²) >= 11 is 13.7. The number of halogens is 2. The van der Waals surface area contributed by atoms with Crippen LogP contribution in [0.3, 0.4) is 0 Å². The van der Waals surface area contributed by atoms with E-state index in [0.29, 0.717) is 5.13 Å². The number of benzene rings is 2. The first-order valence-electron chi connectivity index (χ1n) is 8.65. The Morgan fingerprint density at radius 1 is 1.23 bits per heavy atom. The van der Waals surface area contributed by atoms with Gasteiger partial charge in [0, 0.05) is 10.9 Å². The number of anilines is 2. The van der Waals surface area contributed by atoms with Gasteiger partial charge < -0.3 is 0 Å². The number of nitrogens with one attached hydrogen (secondary N) is 1. The zero-order chi connectivity index (χ0) is 21.9. The second-order valence-electron chi connectivity index (χ2n) is 6.17. The molecule has 0 unspecified atom stereocenters. The van der Waals surface area contributed by atoms with E-state index in [1.165, 1.54) is 35.6 Å². The van der Waals surface area contributed by atoms with Gasteiger partial charge in [-0.3, -0.25) is 14.4 Å². The molecule has 0 radical (unpaired) electrons. The molecule has 0 aliphatic heterocycles. The molecule has 6 nitrogen and oxygen atoms in total. The van der Waals surface area contributed by atoms with E-state index in [0.717, 1.165) is 10.00 Å². The summed E-state index contributed by atoms with van der Waals surface area (Å²) in [4.78, 5) is 16.6. The Hall–Kier alpha value is -2.39. The van der Waals surface area contributed by atoms with E-state index in [9.17, 15) is 13.2 Å². The minimum atomic E-state index is -4.14. The predicted octanol–water partition coefficient (Wildman–Crippen LogP) is 5.39. The van der Waals surface area contributed by atoms with Crippen LogP contribution in [-0.4, -0.2) is 25.9 Å². The van der Waals surface area contributed by atoms with E-state index in [-0.39, 0.29) is 32.7 Å². The summed E-state index contributed by atoms with van der Waals surface area (Å²) in [6.07, 6.45) is 1.44. The average Bonchev–Trinajstić information content (AvgIpc) is 3.11. The highest BCUT2D eigenvalue weighted by molar-refractivity contribution is 7.93. The number of sulfonamides is 1. The van der Waals surface area contributed by atoms with Crippen LogP contribution in [0.15, 0.2) is 65.4 Å². The molecule has 0 fully saturated rings. The van der Waals surface area contributed by atoms with Crippen molar-refractivity contribution in [1.82, 2.24) is 4.98 Å². The third-order valence-electron chi connectivity index (χ3n) is 4.02. The number of nitrogens with zero attached hydrogens (tertiary/aromatic N) is 2. The van der Waals surface area contributed by atoms with Crippen molar-refractivity contribution in [3.05, 3.63) is 81.8 Å². The van der Waals surface area contributed by atoms with Crippen molar-refractivity contribution >= 4 is 61.3 Å². The van der Waals surface area contributed by atoms with Crippen LogP contribution in [0.25, 0.3) is 0 Å². The van der Waals surface area contributed by atoms with Crippen LogP contribution in [0, 0.1) is 6.92 Å². The van der Waals surface area contributed by atoms with E-state index in [1.807, 2.05) is 6.92 Å². The summed E-state index contributed by atoms with van der Waals surface area (Å²) < 4.78 is 27.9. The minimum Gasteiger partial charge on any atom is -0.298 e. The standard InChI is InChI=1S/C20H17Cl2N3O3S2/c1-3-10-25(17-7-5-4-6-15(17)21)30(27,28)18-11-14(8-9-16(18)22)19(26)24-20-23-13(2)12-29-20/h3-9,11-12H,1,10H2,2H3,(H,23,24,26). The molecule has 10 heteroatoms. The van der Waals surface area contributed by atoms with Crippen molar-refractivity contribution in [3.63, 3.8) is 0 Å². The predicted molar refractivity (Wildman–Crippen MR) is 122 cm³/mol. The number of rotatable bonds is 7. The first-order chi connectivity index (χ1) is 14.2. The van der Waals surface area contributed by atoms with Crippen molar-refractivity contribution in [2.75, 3.05) is 16.2 Å². The van der Waals surface area contributed by atoms with Gasteiger partial charge in [-0.05, 0) is 37.3 Å². The first-order valence-corrected chi connectivity index (χ1v) is 11.7. The lowest BCUT2D eigenvalue weighted by molar-refractivity contribution is 0.102. The van der Waals surface area contributed by atoms with Crippen molar-refractivity contribution in [1.29, 1.82) is 0 Å². The Bertz CT molecular complexity index is 1210. The first kappa shape index (κ1) is 22.3. The summed E-state index contributed by atoms with van der Waals surface area (Å²) in [6, 6.07) is 10.6. The molecule has 3 aromatic rings. The van der Waals surface area contributed by atoms with E-state index in [2.05, 4.69) is 16.9 Å². The van der Waals surface area contributed by atoms with E-state index in [1.54, 1.807) is 29.6 Å². The maximum absolute atomic E-state index is 13.4. The molecule has 3 rings (SSSR count). The van der Waals surface area contributed by atoms with Crippen LogP contribution in [0.1, 0.15) is 16.1 Å². The van der Waals surface area contributed by atoms with E-state index >= 15 is 0 Å². The summed E-state index contributed by atoms with van der Waals surface area (Å²) in [5.41, 5.74) is 1.18. The molecular formula is C20H17Cl2N3O3S2. The van der Waals surface area contributed by atoms with Gasteiger partial charge in [-0.15, -0.1) is 17.9 Å². The van der Waals surface area contributed by atoms with Crippen molar-refractivity contribution in [2.24, 2.45) is 0 Å². The van der Waals surface area contributed by atoms with Gasteiger partial charge in [0.1, 0.15) is 4.90 Å². The molecular weight excluding hydrogens is 465 g/mol. The fourth-order valence-electron chi connectivity index (χ4n) is 2.64. The molecule has 1 amide bonds. The highest BCUT2D eigenvalue weighted by Crippen LogP contribution is 2.33. The topological polar surface area (TPSA) is 79.4 Å². The van der Waals surface area contributed by atoms with Crippen LogP contribution >= 0.6 is 34.5 Å². The van der Waals surface area contributed by atoms with Gasteiger partial charge in [-0.25, -0.2) is 13.4 Å². The van der Waals surface area contributed by atoms with Crippen LogP contribution in [0.4, 0.5) is 10.8 Å². The summed E-state index contributed by atoms with van der Waals surface area (Å²) in [5.74, 6) is -0.495. The zero-order valence-corrected chi connectivity index (χ0v) is 18.9. The molecule has 0 aliphatic carbocycles. The number of aromatic nitrogens is 1. The van der Waals surface area contributed by atoms with Gasteiger partial charge in [0.25, 0.3) is 15.9 Å². The highest BCUT2D eigenvalue weighted by Gasteiger charge is 2.29. The van der Waals surface area contributed by atoms with Crippen LogP contribution < -0.4 is 9.62 Å². The lowest BCUT2D eigenvalue weighted by Crippen LogP contribution is -2.32. The molecule has 0 aliphatic rings. The number of para-hydroxylation sites is 1. The number of thiazole rings is 1. The van der Waals surface area contributed by atoms with Crippen molar-refractivity contribution in [2.45, 2.75) is 11.8 Å². The number of hydrogen-bond acceptors (Lipinski definition) is 5. The van der Waals surface area contributed by atoms with Crippen LogP contribution in [-0.2, 0) is 10.0 Å². The van der Waals surface area contributed by atoms with Gasteiger partial charge >= 0.3 is 0 Å². The molecule has 2 aromatic carbocycles. The smallest absolute Gasteiger partial charge is 0.266 e. The molecule has 30 heavy (non-hydrogen) atoms. The summed E-state index contributed by atoms with van der Waals surface area (Å²) in [6.45, 7) is 5.40. The maximum Gasteiger partial charge on any atom is 0.266 e. The van der Waals surface area contributed by atoms with Gasteiger partial charge in [-0.2, -0.15) is 0 Å². The molecule has 1 heterocycles. The number of carbonyl (C=O) groups is 1. The van der Waals surface area contributed by atoms with Gasteiger partial charge in [0.15, 0.2) is 5.13 Å². The summed E-state index contributed by atoms with van der Waals surface area (Å²) in [5, 5.41) is 5.11. The van der Waals surface area contributed by atoms with Crippen LogP contribution in [0.2, 0.25) is 10.0 Å². The minimum absolute atomic E-state index is 0.0160. The number of carbonyl (C=O) groups excluding carboxylic acids is 1. The molecule has 1 aromatic heterocycles. The molecule has 0 saturated carbocycles. The lowest BCUT2D eigenvalue weighted by atomic mass is 10.2. The number of amides is 1. The largest absolute Gasteiger partial charge is 0.298 e. The Morgan fingerprint density at radius 2 is 1.97 bits per heavy atom. The fraction of sp³-hybridized carbons (Fsp3) is 0.100. The molecule has 0 spiro atoms. The SMILES string of the molecule is C=CCN(c1ccccc1Cl)S(=O)(=O)c1cc(C(=O)Nc2nc(C)cs2)ccc1Cl. The number of aryl methyl sites for hydroxylation is 1. The van der Waals surface area contributed by atoms with E-state index in [4.69, 9.17) is 23.2 Å². The monoisotopic (exact) mass is 481 g/mol. The zero-order valence-electron chi connectivity index (χ0n) is 15.8. The van der Waals surface area contributed by atoms with E-state index < -0.39 is 15.9 Å². The van der Waals surface area contributed by atoms with Crippen molar-refractivity contribution < 1.29 is 13.2 Å². The van der Waals surface area contributed by atoms with Gasteiger partial charge in [0.05, 0.1) is 28.0 Å².